The number of ether oxygens (including phenoxy) is 1. The summed E-state index contributed by atoms with van der Waals surface area (Å²) >= 11 is 0. The van der Waals surface area contributed by atoms with Crippen molar-refractivity contribution in [2.45, 2.75) is 44.2 Å². The maximum absolute atomic E-state index is 15.1. The summed E-state index contributed by atoms with van der Waals surface area (Å²) in [6.07, 6.45) is 3.52. The van der Waals surface area contributed by atoms with E-state index in [0.29, 0.717) is 25.3 Å². The van der Waals surface area contributed by atoms with E-state index in [2.05, 4.69) is 10.6 Å². The highest BCUT2D eigenvalue weighted by Gasteiger charge is 2.55. The molecule has 0 aromatic heterocycles. The van der Waals surface area contributed by atoms with Gasteiger partial charge in [-0.2, -0.15) is 0 Å². The molecule has 5 nitrogen and oxygen atoms in total. The zero-order valence-electron chi connectivity index (χ0n) is 15.4. The second-order valence-electron chi connectivity index (χ2n) is 7.80. The fourth-order valence-corrected chi connectivity index (χ4v) is 5.05. The molecular formula is C20H28FN3O2. The lowest BCUT2D eigenvalue weighted by molar-refractivity contribution is -0.0167. The molecule has 4 rings (SSSR count). The van der Waals surface area contributed by atoms with E-state index in [0.717, 1.165) is 44.3 Å². The van der Waals surface area contributed by atoms with E-state index in [1.807, 2.05) is 17.9 Å². The van der Waals surface area contributed by atoms with E-state index < -0.39 is 5.54 Å². The van der Waals surface area contributed by atoms with Crippen LogP contribution in [0.15, 0.2) is 18.2 Å². The highest BCUT2D eigenvalue weighted by molar-refractivity contribution is 5.79. The molecule has 1 atom stereocenters. The van der Waals surface area contributed by atoms with Crippen LogP contribution in [-0.2, 0) is 10.3 Å². The van der Waals surface area contributed by atoms with Gasteiger partial charge in [0.05, 0.1) is 5.54 Å². The molecule has 0 bridgehead atoms. The molecule has 3 heterocycles. The van der Waals surface area contributed by atoms with Crippen LogP contribution in [0.25, 0.3) is 0 Å². The minimum absolute atomic E-state index is 0.0516. The predicted molar refractivity (Wildman–Crippen MR) is 97.5 cm³/mol. The number of carbonyl (C=O) groups is 1. The number of carbonyl (C=O) groups excluding carboxylic acids is 1. The molecule has 3 fully saturated rings. The summed E-state index contributed by atoms with van der Waals surface area (Å²) in [5.74, 6) is -0.0149. The van der Waals surface area contributed by atoms with Crippen LogP contribution in [0.5, 0.6) is 0 Å². The van der Waals surface area contributed by atoms with Gasteiger partial charge in [0.15, 0.2) is 0 Å². The van der Waals surface area contributed by atoms with E-state index >= 15 is 4.39 Å². The topological polar surface area (TPSA) is 53.6 Å². The summed E-state index contributed by atoms with van der Waals surface area (Å²) in [5.41, 5.74) is 1.07. The van der Waals surface area contributed by atoms with Crippen LogP contribution in [0.1, 0.15) is 36.8 Å². The van der Waals surface area contributed by atoms with Gasteiger partial charge in [-0.15, -0.1) is 0 Å². The van der Waals surface area contributed by atoms with Gasteiger partial charge in [-0.3, -0.25) is 0 Å². The Hall–Kier alpha value is -1.66. The van der Waals surface area contributed by atoms with Crippen molar-refractivity contribution in [3.63, 3.8) is 0 Å². The van der Waals surface area contributed by atoms with Crippen molar-refractivity contribution in [2.75, 3.05) is 32.8 Å². The fourth-order valence-electron chi connectivity index (χ4n) is 5.05. The Balaban J connectivity index is 1.83. The second kappa shape index (κ2) is 7.16. The third-order valence-corrected chi connectivity index (χ3v) is 6.32. The first-order valence-electron chi connectivity index (χ1n) is 9.75. The normalized spacial score (nSPS) is 28.4. The second-order valence-corrected chi connectivity index (χ2v) is 7.80. The molecule has 2 amide bonds. The van der Waals surface area contributed by atoms with Gasteiger partial charge in [0, 0.05) is 31.4 Å². The molecule has 1 aromatic rings. The quantitative estimate of drug-likeness (QED) is 0.870. The molecule has 6 heteroatoms. The molecule has 1 aromatic carbocycles. The van der Waals surface area contributed by atoms with E-state index in [1.165, 1.54) is 0 Å². The molecular weight excluding hydrogens is 333 g/mol. The van der Waals surface area contributed by atoms with E-state index in [9.17, 15) is 4.79 Å². The minimum Gasteiger partial charge on any atom is -0.381 e. The number of nitrogens with one attached hydrogen (secondary N) is 2. The lowest BCUT2D eigenvalue weighted by Crippen LogP contribution is -2.57. The lowest BCUT2D eigenvalue weighted by Gasteiger charge is -2.49. The van der Waals surface area contributed by atoms with E-state index in [-0.39, 0.29) is 23.8 Å². The van der Waals surface area contributed by atoms with Gasteiger partial charge < -0.3 is 20.3 Å². The van der Waals surface area contributed by atoms with Gasteiger partial charge in [0.1, 0.15) is 5.82 Å². The van der Waals surface area contributed by atoms with Crippen LogP contribution in [0.3, 0.4) is 0 Å². The molecule has 3 aliphatic rings. The Morgan fingerprint density at radius 3 is 2.65 bits per heavy atom. The maximum Gasteiger partial charge on any atom is 0.318 e. The number of hydrogen-bond donors (Lipinski definition) is 2. The Morgan fingerprint density at radius 1 is 1.19 bits per heavy atom. The number of aryl methyl sites for hydroxylation is 1. The van der Waals surface area contributed by atoms with Gasteiger partial charge >= 0.3 is 6.03 Å². The number of nitrogens with zero attached hydrogens (tertiary/aromatic N) is 1. The number of benzene rings is 1. The SMILES string of the molecule is Cc1ccc(F)c([C@]2(C3CCOCC3)CNC(=O)N2C2CCNCC2)c1. The fraction of sp³-hybridized carbons (Fsp3) is 0.650. The van der Waals surface area contributed by atoms with Gasteiger partial charge in [-0.1, -0.05) is 17.7 Å². The van der Waals surface area contributed by atoms with Crippen molar-refractivity contribution in [2.24, 2.45) is 5.92 Å². The molecule has 3 saturated heterocycles. The van der Waals surface area contributed by atoms with Crippen molar-refractivity contribution in [3.05, 3.63) is 35.1 Å². The summed E-state index contributed by atoms with van der Waals surface area (Å²) in [7, 11) is 0. The smallest absolute Gasteiger partial charge is 0.318 e. The standard InChI is InChI=1S/C20H28FN3O2/c1-14-2-3-18(21)17(12-14)20(15-6-10-26-11-7-15)13-23-19(25)24(20)16-4-8-22-9-5-16/h2-3,12,15-16,22H,4-11,13H2,1H3,(H,23,25)/t20-/m1/s1. The Kier molecular flexibility index (Phi) is 4.88. The van der Waals surface area contributed by atoms with Crippen LogP contribution < -0.4 is 10.6 Å². The number of amides is 2. The van der Waals surface area contributed by atoms with Crippen molar-refractivity contribution in [1.29, 1.82) is 0 Å². The van der Waals surface area contributed by atoms with Crippen LogP contribution in [0, 0.1) is 18.7 Å². The van der Waals surface area contributed by atoms with Crippen LogP contribution >= 0.6 is 0 Å². The Morgan fingerprint density at radius 2 is 1.92 bits per heavy atom. The number of halogens is 1. The summed E-state index contributed by atoms with van der Waals surface area (Å²) in [6, 6.07) is 5.38. The Bertz CT molecular complexity index is 671. The maximum atomic E-state index is 15.1. The van der Waals surface area contributed by atoms with Gasteiger partial charge in [-0.05, 0) is 57.7 Å². The molecule has 0 radical (unpaired) electrons. The van der Waals surface area contributed by atoms with Crippen molar-refractivity contribution in [3.8, 4) is 0 Å². The third kappa shape index (κ3) is 2.89. The lowest BCUT2D eigenvalue weighted by atomic mass is 9.72. The monoisotopic (exact) mass is 361 g/mol. The first-order valence-corrected chi connectivity index (χ1v) is 9.75. The van der Waals surface area contributed by atoms with Gasteiger partial charge in [0.2, 0.25) is 0 Å². The summed E-state index contributed by atoms with van der Waals surface area (Å²) < 4.78 is 20.7. The third-order valence-electron chi connectivity index (χ3n) is 6.32. The average molecular weight is 361 g/mol. The molecule has 3 aliphatic heterocycles. The van der Waals surface area contributed by atoms with Crippen LogP contribution in [-0.4, -0.2) is 49.8 Å². The number of piperidine rings is 1. The van der Waals surface area contributed by atoms with Crippen molar-refractivity contribution in [1.82, 2.24) is 15.5 Å². The zero-order valence-corrected chi connectivity index (χ0v) is 15.4. The molecule has 0 saturated carbocycles. The summed E-state index contributed by atoms with van der Waals surface area (Å²) in [4.78, 5) is 14.9. The highest BCUT2D eigenvalue weighted by Crippen LogP contribution is 2.46. The van der Waals surface area contributed by atoms with Gasteiger partial charge in [-0.25, -0.2) is 9.18 Å². The van der Waals surface area contributed by atoms with Crippen molar-refractivity contribution >= 4 is 6.03 Å². The molecule has 2 N–H and O–H groups in total. The predicted octanol–water partition coefficient (Wildman–Crippen LogP) is 2.53. The molecule has 142 valence electrons. The molecule has 0 spiro atoms. The number of hydrogen-bond acceptors (Lipinski definition) is 3. The minimum atomic E-state index is -0.626. The summed E-state index contributed by atoms with van der Waals surface area (Å²) in [6.45, 7) is 5.60. The number of urea groups is 1. The zero-order chi connectivity index (χ0) is 18.1. The first kappa shape index (κ1) is 17.7. The van der Waals surface area contributed by atoms with Crippen LogP contribution in [0.2, 0.25) is 0 Å². The van der Waals surface area contributed by atoms with E-state index in [4.69, 9.17) is 4.74 Å². The van der Waals surface area contributed by atoms with Crippen LogP contribution in [0.4, 0.5) is 9.18 Å². The number of rotatable bonds is 3. The average Bonchev–Trinajstić information content (AvgIpc) is 3.03. The summed E-state index contributed by atoms with van der Waals surface area (Å²) in [5, 5.41) is 6.43. The Labute approximate surface area is 154 Å². The molecule has 26 heavy (non-hydrogen) atoms. The molecule has 0 unspecified atom stereocenters. The highest BCUT2D eigenvalue weighted by atomic mass is 19.1. The molecule has 0 aliphatic carbocycles. The largest absolute Gasteiger partial charge is 0.381 e. The first-order chi connectivity index (χ1) is 12.6. The van der Waals surface area contributed by atoms with E-state index in [1.54, 1.807) is 12.1 Å². The van der Waals surface area contributed by atoms with Gasteiger partial charge in [0.25, 0.3) is 0 Å². The van der Waals surface area contributed by atoms with Crippen molar-refractivity contribution < 1.29 is 13.9 Å².